The fourth-order valence-electron chi connectivity index (χ4n) is 2.06. The van der Waals surface area contributed by atoms with Crippen LogP contribution in [0.25, 0.3) is 11.0 Å². The Morgan fingerprint density at radius 1 is 1.55 bits per heavy atom. The lowest BCUT2D eigenvalue weighted by Crippen LogP contribution is -2.24. The number of rotatable bonds is 4. The number of carbonyl (C=O) groups excluding carboxylic acids is 1. The van der Waals surface area contributed by atoms with Crippen molar-refractivity contribution in [2.45, 2.75) is 13.0 Å². The summed E-state index contributed by atoms with van der Waals surface area (Å²) >= 11 is 7.57. The first-order valence-electron chi connectivity index (χ1n) is 6.64. The average molecular weight is 333 g/mol. The fraction of sp³-hybridized carbons (Fsp3) is 0.133. The van der Waals surface area contributed by atoms with E-state index in [4.69, 9.17) is 11.6 Å². The van der Waals surface area contributed by atoms with Gasteiger partial charge in [0.25, 0.3) is 0 Å². The zero-order chi connectivity index (χ0) is 15.5. The van der Waals surface area contributed by atoms with Crippen LogP contribution in [0.1, 0.15) is 24.2 Å². The number of imidazole rings is 1. The van der Waals surface area contributed by atoms with E-state index in [1.807, 2.05) is 35.0 Å². The van der Waals surface area contributed by atoms with Crippen molar-refractivity contribution in [3.63, 3.8) is 0 Å². The maximum Gasteiger partial charge on any atom is 0.244 e. The molecule has 0 saturated heterocycles. The molecule has 22 heavy (non-hydrogen) atoms. The fourth-order valence-corrected chi connectivity index (χ4v) is 3.06. The molecule has 0 aliphatic heterocycles. The Morgan fingerprint density at radius 2 is 2.41 bits per heavy atom. The second-order valence-corrected chi connectivity index (χ2v) is 5.92. The van der Waals surface area contributed by atoms with Crippen LogP contribution in [0.4, 0.5) is 0 Å². The highest BCUT2D eigenvalue weighted by atomic mass is 35.5. The Balaban J connectivity index is 1.71. The van der Waals surface area contributed by atoms with Crippen LogP contribution in [-0.4, -0.2) is 20.3 Å². The predicted molar refractivity (Wildman–Crippen MR) is 87.9 cm³/mol. The maximum atomic E-state index is 12.0. The van der Waals surface area contributed by atoms with E-state index in [9.17, 15) is 4.79 Å². The first-order valence-corrected chi connectivity index (χ1v) is 7.90. The van der Waals surface area contributed by atoms with Crippen LogP contribution in [-0.2, 0) is 4.79 Å². The summed E-state index contributed by atoms with van der Waals surface area (Å²) in [5.41, 5.74) is 1.65. The summed E-state index contributed by atoms with van der Waals surface area (Å²) in [7, 11) is 0. The molecule has 0 aromatic carbocycles. The van der Waals surface area contributed by atoms with Gasteiger partial charge in [0.2, 0.25) is 5.91 Å². The van der Waals surface area contributed by atoms with Crippen molar-refractivity contribution >= 4 is 39.9 Å². The van der Waals surface area contributed by atoms with Crippen molar-refractivity contribution in [3.05, 3.63) is 58.6 Å². The minimum absolute atomic E-state index is 0.118. The van der Waals surface area contributed by atoms with Gasteiger partial charge in [-0.1, -0.05) is 17.7 Å². The molecule has 0 bridgehead atoms. The summed E-state index contributed by atoms with van der Waals surface area (Å²) in [5, 5.41) is 5.19. The van der Waals surface area contributed by atoms with E-state index in [1.165, 1.54) is 17.4 Å². The second-order valence-electron chi connectivity index (χ2n) is 4.69. The van der Waals surface area contributed by atoms with Crippen LogP contribution in [0.15, 0.2) is 42.2 Å². The standard InChI is InChI=1S/C15H13ClN4OS/c1-10(11-3-2-6-17-9-11)18-13(21)5-4-12-14(16)19-15-20(12)7-8-22-15/h2-10H,1H3,(H,18,21)/b5-4+. The number of halogens is 1. The molecule has 5 nitrogen and oxygen atoms in total. The number of hydrogen-bond donors (Lipinski definition) is 1. The number of carbonyl (C=O) groups is 1. The molecular formula is C15H13ClN4OS. The van der Waals surface area contributed by atoms with Gasteiger partial charge in [0.15, 0.2) is 10.1 Å². The molecule has 0 fully saturated rings. The first kappa shape index (κ1) is 14.7. The molecule has 1 N–H and O–H groups in total. The first-order chi connectivity index (χ1) is 10.6. The summed E-state index contributed by atoms with van der Waals surface area (Å²) < 4.78 is 1.85. The monoisotopic (exact) mass is 332 g/mol. The molecule has 0 aliphatic carbocycles. The molecule has 3 rings (SSSR count). The molecular weight excluding hydrogens is 320 g/mol. The van der Waals surface area contributed by atoms with Crippen molar-refractivity contribution < 1.29 is 4.79 Å². The molecule has 1 atom stereocenters. The quantitative estimate of drug-likeness (QED) is 0.745. The van der Waals surface area contributed by atoms with Gasteiger partial charge in [-0.25, -0.2) is 4.98 Å². The van der Waals surface area contributed by atoms with Crippen molar-refractivity contribution in [3.8, 4) is 0 Å². The molecule has 0 radical (unpaired) electrons. The Kier molecular flexibility index (Phi) is 4.22. The van der Waals surface area contributed by atoms with Gasteiger partial charge in [-0.05, 0) is 24.6 Å². The zero-order valence-electron chi connectivity index (χ0n) is 11.7. The van der Waals surface area contributed by atoms with Crippen molar-refractivity contribution in [2.24, 2.45) is 0 Å². The molecule has 7 heteroatoms. The minimum atomic E-state index is -0.197. The second kappa shape index (κ2) is 6.29. The van der Waals surface area contributed by atoms with Gasteiger partial charge in [0.05, 0.1) is 11.7 Å². The number of hydrogen-bond acceptors (Lipinski definition) is 4. The van der Waals surface area contributed by atoms with Gasteiger partial charge in [-0.3, -0.25) is 14.2 Å². The molecule has 1 amide bonds. The van der Waals surface area contributed by atoms with Gasteiger partial charge >= 0.3 is 0 Å². The number of fused-ring (bicyclic) bond motifs is 1. The van der Waals surface area contributed by atoms with Crippen molar-refractivity contribution in [1.29, 1.82) is 0 Å². The summed E-state index contributed by atoms with van der Waals surface area (Å²) in [6, 6.07) is 3.64. The molecule has 0 saturated carbocycles. The molecule has 3 aromatic heterocycles. The SMILES string of the molecule is CC(NC(=O)/C=C/c1c(Cl)nc2sccn12)c1cccnc1. The predicted octanol–water partition coefficient (Wildman–Crippen LogP) is 3.33. The lowest BCUT2D eigenvalue weighted by molar-refractivity contribution is -0.117. The van der Waals surface area contributed by atoms with Gasteiger partial charge in [-0.15, -0.1) is 11.3 Å². The van der Waals surface area contributed by atoms with Crippen LogP contribution in [0, 0.1) is 0 Å². The smallest absolute Gasteiger partial charge is 0.244 e. The number of pyridine rings is 1. The van der Waals surface area contributed by atoms with E-state index < -0.39 is 0 Å². The molecule has 3 heterocycles. The van der Waals surface area contributed by atoms with Crippen molar-refractivity contribution in [2.75, 3.05) is 0 Å². The van der Waals surface area contributed by atoms with E-state index in [0.717, 1.165) is 10.5 Å². The molecule has 1 unspecified atom stereocenters. The van der Waals surface area contributed by atoms with Gasteiger partial charge < -0.3 is 5.32 Å². The van der Waals surface area contributed by atoms with E-state index >= 15 is 0 Å². The molecule has 0 aliphatic rings. The van der Waals surface area contributed by atoms with Crippen LogP contribution in [0.5, 0.6) is 0 Å². The Morgan fingerprint density at radius 3 is 3.18 bits per heavy atom. The summed E-state index contributed by atoms with van der Waals surface area (Å²) in [4.78, 5) is 21.1. The highest BCUT2D eigenvalue weighted by Crippen LogP contribution is 2.22. The Bertz CT molecular complexity index is 825. The minimum Gasteiger partial charge on any atom is -0.346 e. The van der Waals surface area contributed by atoms with Gasteiger partial charge in [-0.2, -0.15) is 0 Å². The third-order valence-electron chi connectivity index (χ3n) is 3.19. The normalized spacial score (nSPS) is 12.8. The van der Waals surface area contributed by atoms with Crippen LogP contribution in [0.3, 0.4) is 0 Å². The van der Waals surface area contributed by atoms with Crippen LogP contribution >= 0.6 is 22.9 Å². The maximum absolute atomic E-state index is 12.0. The number of aromatic nitrogens is 3. The van der Waals surface area contributed by atoms with Gasteiger partial charge in [0, 0.05) is 30.0 Å². The lowest BCUT2D eigenvalue weighted by atomic mass is 10.1. The highest BCUT2D eigenvalue weighted by Gasteiger charge is 2.10. The average Bonchev–Trinajstić information content (AvgIpc) is 3.07. The van der Waals surface area contributed by atoms with Crippen molar-refractivity contribution in [1.82, 2.24) is 19.7 Å². The van der Waals surface area contributed by atoms with Gasteiger partial charge in [0.1, 0.15) is 0 Å². The summed E-state index contributed by atoms with van der Waals surface area (Å²) in [6.07, 6.45) is 8.43. The molecule has 112 valence electrons. The Hall–Kier alpha value is -2.18. The lowest BCUT2D eigenvalue weighted by Gasteiger charge is -2.11. The van der Waals surface area contributed by atoms with E-state index in [1.54, 1.807) is 18.5 Å². The summed E-state index contributed by atoms with van der Waals surface area (Å²) in [6.45, 7) is 1.91. The molecule has 0 spiro atoms. The van der Waals surface area contributed by atoms with E-state index in [-0.39, 0.29) is 11.9 Å². The van der Waals surface area contributed by atoms with E-state index in [2.05, 4.69) is 15.3 Å². The van der Waals surface area contributed by atoms with E-state index in [0.29, 0.717) is 10.8 Å². The summed E-state index contributed by atoms with van der Waals surface area (Å²) in [5.74, 6) is -0.197. The largest absolute Gasteiger partial charge is 0.346 e. The Labute approximate surface area is 136 Å². The molecule has 3 aromatic rings. The number of thiazole rings is 1. The number of nitrogens with zero attached hydrogens (tertiary/aromatic N) is 3. The third-order valence-corrected chi connectivity index (χ3v) is 4.22. The number of nitrogens with one attached hydrogen (secondary N) is 1. The highest BCUT2D eigenvalue weighted by molar-refractivity contribution is 7.15. The van der Waals surface area contributed by atoms with Crippen LogP contribution in [0.2, 0.25) is 5.15 Å². The topological polar surface area (TPSA) is 59.3 Å². The number of amides is 1. The zero-order valence-corrected chi connectivity index (χ0v) is 13.3. The third kappa shape index (κ3) is 3.03. The van der Waals surface area contributed by atoms with Crippen LogP contribution < -0.4 is 5.32 Å².